The molecule has 1 rings (SSSR count). The average molecular weight is 370 g/mol. The summed E-state index contributed by atoms with van der Waals surface area (Å²) >= 11 is 0. The third-order valence-electron chi connectivity index (χ3n) is 3.92. The molecule has 0 aromatic rings. The minimum Gasteiger partial charge on any atom is -0.405 e. The second-order valence-electron chi connectivity index (χ2n) is 7.74. The fourth-order valence-electron chi connectivity index (χ4n) is 2.79. The van der Waals surface area contributed by atoms with E-state index in [0.717, 1.165) is 31.5 Å². The van der Waals surface area contributed by atoms with Gasteiger partial charge in [-0.1, -0.05) is 39.0 Å². The van der Waals surface area contributed by atoms with E-state index < -0.39 is 0 Å². The van der Waals surface area contributed by atoms with Crippen LogP contribution in [0.4, 0.5) is 0 Å². The topological polar surface area (TPSA) is 91.2 Å². The summed E-state index contributed by atoms with van der Waals surface area (Å²) in [4.78, 5) is 0. The van der Waals surface area contributed by atoms with Gasteiger partial charge in [0.15, 0.2) is 0 Å². The molecule has 0 heterocycles. The van der Waals surface area contributed by atoms with Crippen molar-refractivity contribution in [1.29, 1.82) is 5.41 Å². The summed E-state index contributed by atoms with van der Waals surface area (Å²) in [6, 6.07) is 0. The van der Waals surface area contributed by atoms with E-state index in [1.807, 2.05) is 30.5 Å². The number of hydrogen-bond donors (Lipinski definition) is 4. The van der Waals surface area contributed by atoms with Crippen LogP contribution in [0.2, 0.25) is 0 Å². The monoisotopic (exact) mass is 369 g/mol. The van der Waals surface area contributed by atoms with E-state index in [1.54, 1.807) is 5.01 Å². The van der Waals surface area contributed by atoms with Crippen molar-refractivity contribution >= 4 is 6.21 Å². The van der Waals surface area contributed by atoms with Gasteiger partial charge in [0, 0.05) is 31.2 Å². The zero-order valence-electron chi connectivity index (χ0n) is 16.9. The van der Waals surface area contributed by atoms with Gasteiger partial charge in [-0.05, 0) is 66.3 Å². The predicted octanol–water partition coefficient (Wildman–Crippen LogP) is 3.91. The summed E-state index contributed by atoms with van der Waals surface area (Å²) in [5.41, 5.74) is 9.12. The van der Waals surface area contributed by atoms with Crippen LogP contribution >= 0.6 is 0 Å². The first-order valence-corrected chi connectivity index (χ1v) is 9.41. The van der Waals surface area contributed by atoms with Gasteiger partial charge >= 0.3 is 0 Å². The fraction of sp³-hybridized carbons (Fsp3) is 0.409. The average Bonchev–Trinajstić information content (AvgIpc) is 2.79. The molecule has 27 heavy (non-hydrogen) atoms. The molecule has 0 aliphatic heterocycles. The highest BCUT2D eigenvalue weighted by atomic mass is 15.4. The summed E-state index contributed by atoms with van der Waals surface area (Å²) in [6.45, 7) is 7.92. The van der Waals surface area contributed by atoms with Crippen LogP contribution in [0.5, 0.6) is 0 Å². The standard InChI is InChI=1S/C22H35N5/c1-22(2,3)18-27(25)17-7-10-21(12-15-24)26-16-13-20-9-6-4-5-8-19(20)11-14-23/h4,6-7,10-15,17,23,26H,5,8-9,16,18,24-25H2,1-3H3/b15-12+,17-7+,19-11-,20-13+,21-10+,23-14?. The van der Waals surface area contributed by atoms with Crippen LogP contribution in [-0.4, -0.2) is 24.3 Å². The maximum absolute atomic E-state index is 7.35. The molecule has 0 fully saturated rings. The van der Waals surface area contributed by atoms with Gasteiger partial charge < -0.3 is 21.5 Å². The van der Waals surface area contributed by atoms with Gasteiger partial charge in [-0.3, -0.25) is 0 Å². The molecule has 6 N–H and O–H groups in total. The van der Waals surface area contributed by atoms with E-state index in [4.69, 9.17) is 17.0 Å². The van der Waals surface area contributed by atoms with Gasteiger partial charge in [-0.2, -0.15) is 0 Å². The number of nitrogens with one attached hydrogen (secondary N) is 2. The molecule has 5 heteroatoms. The molecule has 0 saturated heterocycles. The van der Waals surface area contributed by atoms with Crippen molar-refractivity contribution in [2.75, 3.05) is 13.1 Å². The molecule has 5 nitrogen and oxygen atoms in total. The highest BCUT2D eigenvalue weighted by molar-refractivity contribution is 5.70. The van der Waals surface area contributed by atoms with Gasteiger partial charge in [0.1, 0.15) is 0 Å². The van der Waals surface area contributed by atoms with E-state index in [2.05, 4.69) is 44.3 Å². The molecular weight excluding hydrogens is 334 g/mol. The molecule has 0 bridgehead atoms. The second kappa shape index (κ2) is 12.0. The minimum absolute atomic E-state index is 0.141. The van der Waals surface area contributed by atoms with Gasteiger partial charge in [0.25, 0.3) is 0 Å². The van der Waals surface area contributed by atoms with Crippen LogP contribution in [0, 0.1) is 10.8 Å². The molecule has 148 valence electrons. The first kappa shape index (κ1) is 22.5. The van der Waals surface area contributed by atoms with Crippen molar-refractivity contribution in [2.45, 2.75) is 40.0 Å². The number of rotatable bonds is 8. The number of nitrogens with two attached hydrogens (primary N) is 2. The molecule has 0 spiro atoms. The largest absolute Gasteiger partial charge is 0.405 e. The SMILES string of the molecule is CC(C)(C)CN(N)/C=C/C=C(\C=C\N)NC/C=C1\CC=CCC\C1=C\C=N. The molecule has 0 radical (unpaired) electrons. The normalized spacial score (nSPS) is 19.2. The first-order chi connectivity index (χ1) is 12.9. The van der Waals surface area contributed by atoms with Gasteiger partial charge in [0.2, 0.25) is 0 Å². The Morgan fingerprint density at radius 3 is 2.74 bits per heavy atom. The lowest BCUT2D eigenvalue weighted by molar-refractivity contribution is 0.256. The summed E-state index contributed by atoms with van der Waals surface area (Å²) < 4.78 is 0. The van der Waals surface area contributed by atoms with Gasteiger partial charge in [-0.25, -0.2) is 5.84 Å². The minimum atomic E-state index is 0.141. The van der Waals surface area contributed by atoms with E-state index in [0.29, 0.717) is 6.54 Å². The Balaban J connectivity index is 2.72. The van der Waals surface area contributed by atoms with Crippen molar-refractivity contribution in [3.05, 3.63) is 71.8 Å². The van der Waals surface area contributed by atoms with Crippen LogP contribution in [0.3, 0.4) is 0 Å². The second-order valence-corrected chi connectivity index (χ2v) is 7.74. The summed E-state index contributed by atoms with van der Waals surface area (Å²) in [6.07, 6.45) is 21.8. The third-order valence-corrected chi connectivity index (χ3v) is 3.92. The Morgan fingerprint density at radius 1 is 1.30 bits per heavy atom. The van der Waals surface area contributed by atoms with E-state index in [1.165, 1.54) is 23.6 Å². The molecule has 0 unspecified atom stereocenters. The summed E-state index contributed by atoms with van der Waals surface area (Å²) in [7, 11) is 0. The van der Waals surface area contributed by atoms with Gasteiger partial charge in [-0.15, -0.1) is 0 Å². The predicted molar refractivity (Wildman–Crippen MR) is 117 cm³/mol. The Morgan fingerprint density at radius 2 is 2.07 bits per heavy atom. The lowest BCUT2D eigenvalue weighted by Gasteiger charge is -2.24. The summed E-state index contributed by atoms with van der Waals surface area (Å²) in [5, 5.41) is 12.4. The molecule has 0 saturated carbocycles. The smallest absolute Gasteiger partial charge is 0.0383 e. The first-order valence-electron chi connectivity index (χ1n) is 9.41. The Labute approximate surface area is 164 Å². The van der Waals surface area contributed by atoms with Crippen LogP contribution in [-0.2, 0) is 0 Å². The molecule has 0 amide bonds. The Bertz CT molecular complexity index is 642. The van der Waals surface area contributed by atoms with Crippen molar-refractivity contribution in [3.63, 3.8) is 0 Å². The van der Waals surface area contributed by atoms with Crippen molar-refractivity contribution in [1.82, 2.24) is 10.3 Å². The van der Waals surface area contributed by atoms with Crippen LogP contribution < -0.4 is 16.9 Å². The molecular formula is C22H35N5. The van der Waals surface area contributed by atoms with E-state index in [-0.39, 0.29) is 5.41 Å². The highest BCUT2D eigenvalue weighted by Gasteiger charge is 2.11. The maximum atomic E-state index is 7.35. The van der Waals surface area contributed by atoms with E-state index >= 15 is 0 Å². The molecule has 1 aliphatic rings. The lowest BCUT2D eigenvalue weighted by Crippen LogP contribution is -2.33. The molecule has 0 aromatic heterocycles. The molecule has 0 atom stereocenters. The third kappa shape index (κ3) is 10.3. The Hall–Kier alpha value is -2.53. The van der Waals surface area contributed by atoms with Crippen LogP contribution in [0.1, 0.15) is 40.0 Å². The zero-order chi connectivity index (χ0) is 20.1. The zero-order valence-corrected chi connectivity index (χ0v) is 16.9. The Kier molecular flexibility index (Phi) is 9.98. The van der Waals surface area contributed by atoms with Crippen LogP contribution in [0.15, 0.2) is 71.8 Å². The van der Waals surface area contributed by atoms with Crippen molar-refractivity contribution in [3.8, 4) is 0 Å². The van der Waals surface area contributed by atoms with Crippen molar-refractivity contribution < 1.29 is 0 Å². The number of hydrazine groups is 1. The van der Waals surface area contributed by atoms with Crippen molar-refractivity contribution in [2.24, 2.45) is 17.0 Å². The van der Waals surface area contributed by atoms with Crippen LogP contribution in [0.25, 0.3) is 0 Å². The lowest BCUT2D eigenvalue weighted by atomic mass is 9.97. The molecule has 0 aromatic carbocycles. The highest BCUT2D eigenvalue weighted by Crippen LogP contribution is 2.23. The van der Waals surface area contributed by atoms with Gasteiger partial charge in [0.05, 0.1) is 0 Å². The van der Waals surface area contributed by atoms with E-state index in [9.17, 15) is 0 Å². The quantitative estimate of drug-likeness (QED) is 0.172. The number of hydrogen-bond acceptors (Lipinski definition) is 5. The number of nitrogens with zero attached hydrogens (tertiary/aromatic N) is 1. The maximum Gasteiger partial charge on any atom is 0.0383 e. The summed E-state index contributed by atoms with van der Waals surface area (Å²) in [5.74, 6) is 5.99. The molecule has 1 aliphatic carbocycles. The fourth-order valence-corrected chi connectivity index (χ4v) is 2.79. The number of allylic oxidation sites excluding steroid dienone is 8.